The van der Waals surface area contributed by atoms with Crippen LogP contribution < -0.4 is 11.2 Å². The fourth-order valence-electron chi connectivity index (χ4n) is 2.89. The lowest BCUT2D eigenvalue weighted by atomic mass is 10.1. The average Bonchev–Trinajstić information content (AvgIpc) is 2.62. The summed E-state index contributed by atoms with van der Waals surface area (Å²) in [6, 6.07) is 3.53. The van der Waals surface area contributed by atoms with Gasteiger partial charge in [-0.3, -0.25) is 9.78 Å². The number of rotatable bonds is 5. The maximum Gasteiger partial charge on any atom is 0.349 e. The first-order valence-corrected chi connectivity index (χ1v) is 8.29. The van der Waals surface area contributed by atoms with Crippen LogP contribution in [0, 0.1) is 13.8 Å². The van der Waals surface area contributed by atoms with Crippen molar-refractivity contribution < 1.29 is 20.4 Å². The van der Waals surface area contributed by atoms with E-state index in [0.29, 0.717) is 11.0 Å². The van der Waals surface area contributed by atoms with Crippen molar-refractivity contribution in [2.24, 2.45) is 0 Å². The summed E-state index contributed by atoms with van der Waals surface area (Å²) in [4.78, 5) is 34.0. The molecule has 0 saturated heterocycles. The summed E-state index contributed by atoms with van der Waals surface area (Å²) < 4.78 is 1.40. The molecule has 2 aliphatic rings. The third kappa shape index (κ3) is 3.47. The van der Waals surface area contributed by atoms with Gasteiger partial charge < -0.3 is 25.0 Å². The van der Waals surface area contributed by atoms with Crippen LogP contribution in [0.2, 0.25) is 0 Å². The summed E-state index contributed by atoms with van der Waals surface area (Å²) in [5, 5.41) is 38.8. The molecule has 1 aromatic carbocycles. The second kappa shape index (κ2) is 7.16. The SMILES string of the molecule is Cc1cc2nc3c(=O)[nH]c(=O)nc-3n(C[C@H](O)C(O)C(O)CO)c2cc1C. The van der Waals surface area contributed by atoms with Gasteiger partial charge in [0.25, 0.3) is 5.56 Å². The highest BCUT2D eigenvalue weighted by molar-refractivity contribution is 5.81. The van der Waals surface area contributed by atoms with Gasteiger partial charge in [0.2, 0.25) is 0 Å². The monoisotopic (exact) mass is 376 g/mol. The topological polar surface area (TPSA) is 162 Å². The Balaban J connectivity index is 2.28. The summed E-state index contributed by atoms with van der Waals surface area (Å²) in [5.41, 5.74) is 1.11. The quantitative estimate of drug-likeness (QED) is 0.328. The number of aromatic amines is 1. The maximum absolute atomic E-state index is 12.2. The molecule has 27 heavy (non-hydrogen) atoms. The Morgan fingerprint density at radius 3 is 2.41 bits per heavy atom. The predicted molar refractivity (Wildman–Crippen MR) is 95.6 cm³/mol. The van der Waals surface area contributed by atoms with Crippen molar-refractivity contribution in [1.82, 2.24) is 19.5 Å². The van der Waals surface area contributed by atoms with Gasteiger partial charge in [-0.25, -0.2) is 9.78 Å². The number of benzene rings is 1. The van der Waals surface area contributed by atoms with E-state index in [2.05, 4.69) is 15.0 Å². The highest BCUT2D eigenvalue weighted by Gasteiger charge is 2.27. The Morgan fingerprint density at radius 1 is 1.07 bits per heavy atom. The normalized spacial score (nSPS) is 15.2. The smallest absolute Gasteiger partial charge is 0.349 e. The molecule has 10 nitrogen and oxygen atoms in total. The van der Waals surface area contributed by atoms with Gasteiger partial charge in [0.1, 0.15) is 18.3 Å². The van der Waals surface area contributed by atoms with E-state index < -0.39 is 36.2 Å². The van der Waals surface area contributed by atoms with Crippen molar-refractivity contribution in [1.29, 1.82) is 0 Å². The highest BCUT2D eigenvalue weighted by atomic mass is 16.4. The molecule has 0 fully saturated rings. The molecular weight excluding hydrogens is 356 g/mol. The zero-order valence-corrected chi connectivity index (χ0v) is 14.7. The van der Waals surface area contributed by atoms with Gasteiger partial charge in [-0.2, -0.15) is 4.98 Å². The lowest BCUT2D eigenvalue weighted by molar-refractivity contribution is -0.0802. The lowest BCUT2D eigenvalue weighted by Gasteiger charge is -2.25. The standard InChI is InChI=1S/C17H20N4O6/c1-7-3-9-10(4-8(7)2)21(5-11(23)14(25)12(24)6-22)15-13(18-9)16(26)20-17(27)19-15/h3-4,11-12,14,22-25H,5-6H2,1-2H3,(H,20,26,27)/t11-,12?,14?/m0/s1. The average molecular weight is 376 g/mol. The molecule has 1 aromatic rings. The van der Waals surface area contributed by atoms with E-state index >= 15 is 0 Å². The zero-order chi connectivity index (χ0) is 19.9. The van der Waals surface area contributed by atoms with Crippen molar-refractivity contribution in [3.05, 3.63) is 44.1 Å². The predicted octanol–water partition coefficient (Wildman–Crippen LogP) is -1.72. The number of nitrogens with one attached hydrogen (secondary N) is 1. The molecule has 3 atom stereocenters. The minimum atomic E-state index is -1.64. The van der Waals surface area contributed by atoms with Crippen LogP contribution in [0.1, 0.15) is 11.1 Å². The van der Waals surface area contributed by atoms with E-state index in [9.17, 15) is 24.9 Å². The number of nitrogens with zero attached hydrogens (tertiary/aromatic N) is 3. The minimum absolute atomic E-state index is 0.0516. The Morgan fingerprint density at radius 2 is 1.74 bits per heavy atom. The molecule has 0 aromatic heterocycles. The second-order valence-corrected chi connectivity index (χ2v) is 6.50. The van der Waals surface area contributed by atoms with Crippen LogP contribution in [0.3, 0.4) is 0 Å². The van der Waals surface area contributed by atoms with E-state index in [4.69, 9.17) is 5.11 Å². The number of fused-ring (bicyclic) bond motifs is 2. The number of aryl methyl sites for hydroxylation is 2. The van der Waals surface area contributed by atoms with Crippen LogP contribution in [0.5, 0.6) is 0 Å². The summed E-state index contributed by atoms with van der Waals surface area (Å²) >= 11 is 0. The van der Waals surface area contributed by atoms with E-state index in [1.54, 1.807) is 12.1 Å². The Kier molecular flexibility index (Phi) is 5.07. The Hall–Kier alpha value is -2.66. The molecule has 0 bridgehead atoms. The fraction of sp³-hybridized carbons (Fsp3) is 0.412. The molecule has 0 spiro atoms. The first-order chi connectivity index (χ1) is 12.7. The number of hydrogen-bond donors (Lipinski definition) is 5. The van der Waals surface area contributed by atoms with Crippen LogP contribution in [-0.4, -0.2) is 64.9 Å². The molecule has 0 saturated carbocycles. The molecule has 5 N–H and O–H groups in total. The molecule has 2 unspecified atom stereocenters. The molecular formula is C17H20N4O6. The molecule has 0 radical (unpaired) electrons. The summed E-state index contributed by atoms with van der Waals surface area (Å²) in [7, 11) is 0. The van der Waals surface area contributed by atoms with Crippen LogP contribution in [-0.2, 0) is 6.54 Å². The first kappa shape index (κ1) is 19.1. The fourth-order valence-corrected chi connectivity index (χ4v) is 2.89. The lowest BCUT2D eigenvalue weighted by Crippen LogP contribution is -2.42. The number of H-pyrrole nitrogens is 1. The third-order valence-electron chi connectivity index (χ3n) is 4.57. The Labute approximate surface area is 152 Å². The van der Waals surface area contributed by atoms with Gasteiger partial charge in [0, 0.05) is 0 Å². The van der Waals surface area contributed by atoms with E-state index in [-0.39, 0.29) is 18.1 Å². The van der Waals surface area contributed by atoms with Crippen molar-refractivity contribution in [3.8, 4) is 11.5 Å². The summed E-state index contributed by atoms with van der Waals surface area (Å²) in [6.45, 7) is 2.73. The van der Waals surface area contributed by atoms with Crippen LogP contribution in [0.4, 0.5) is 0 Å². The third-order valence-corrected chi connectivity index (χ3v) is 4.57. The largest absolute Gasteiger partial charge is 0.394 e. The van der Waals surface area contributed by atoms with Crippen molar-refractivity contribution >= 4 is 11.0 Å². The van der Waals surface area contributed by atoms with Gasteiger partial charge >= 0.3 is 5.69 Å². The summed E-state index contributed by atoms with van der Waals surface area (Å²) in [6.07, 6.45) is -4.68. The van der Waals surface area contributed by atoms with Crippen LogP contribution >= 0.6 is 0 Å². The van der Waals surface area contributed by atoms with Crippen LogP contribution in [0.15, 0.2) is 21.7 Å². The Bertz CT molecular complexity index is 1080. The zero-order valence-electron chi connectivity index (χ0n) is 14.7. The molecule has 144 valence electrons. The van der Waals surface area contributed by atoms with Gasteiger partial charge in [-0.1, -0.05) is 0 Å². The van der Waals surface area contributed by atoms with Gasteiger partial charge in [-0.15, -0.1) is 0 Å². The number of hydrogen-bond acceptors (Lipinski definition) is 8. The first-order valence-electron chi connectivity index (χ1n) is 8.29. The van der Waals surface area contributed by atoms with Crippen molar-refractivity contribution in [2.75, 3.05) is 6.61 Å². The van der Waals surface area contributed by atoms with E-state index in [1.807, 2.05) is 13.8 Å². The summed E-state index contributed by atoms with van der Waals surface area (Å²) in [5.74, 6) is -0.0516. The number of aromatic nitrogens is 4. The van der Waals surface area contributed by atoms with E-state index in [0.717, 1.165) is 11.1 Å². The number of aliphatic hydroxyl groups excluding tert-OH is 4. The van der Waals surface area contributed by atoms with Crippen molar-refractivity contribution in [3.63, 3.8) is 0 Å². The van der Waals surface area contributed by atoms with E-state index in [1.165, 1.54) is 4.57 Å². The van der Waals surface area contributed by atoms with Crippen molar-refractivity contribution in [2.45, 2.75) is 38.7 Å². The molecule has 0 aliphatic carbocycles. The molecule has 3 rings (SSSR count). The van der Waals surface area contributed by atoms with Crippen LogP contribution in [0.25, 0.3) is 22.6 Å². The minimum Gasteiger partial charge on any atom is -0.394 e. The maximum atomic E-state index is 12.2. The van der Waals surface area contributed by atoms with Gasteiger partial charge in [-0.05, 0) is 37.1 Å². The molecule has 2 aliphatic heterocycles. The van der Waals surface area contributed by atoms with Gasteiger partial charge in [0.05, 0.1) is 24.2 Å². The molecule has 10 heteroatoms. The second-order valence-electron chi connectivity index (χ2n) is 6.50. The molecule has 0 amide bonds. The number of aliphatic hydroxyl groups is 4. The highest BCUT2D eigenvalue weighted by Crippen LogP contribution is 2.24. The van der Waals surface area contributed by atoms with Gasteiger partial charge in [0.15, 0.2) is 11.5 Å². The molecule has 2 heterocycles.